The fraction of sp³-hybridized carbons (Fsp3) is 0.333. The lowest BCUT2D eigenvalue weighted by atomic mass is 9.79. The van der Waals surface area contributed by atoms with Crippen LogP contribution in [0.5, 0.6) is 0 Å². The molecule has 2 aromatic heterocycles. The zero-order valence-electron chi connectivity index (χ0n) is 8.84. The minimum Gasteiger partial charge on any atom is -0.328 e. The van der Waals surface area contributed by atoms with E-state index < -0.39 is 0 Å². The van der Waals surface area contributed by atoms with E-state index >= 15 is 0 Å². The van der Waals surface area contributed by atoms with E-state index in [0.717, 1.165) is 23.4 Å². The van der Waals surface area contributed by atoms with E-state index in [1.807, 2.05) is 18.3 Å². The average molecular weight is 231 g/mol. The summed E-state index contributed by atoms with van der Waals surface area (Å²) >= 11 is 1.69. The largest absolute Gasteiger partial charge is 0.328 e. The molecule has 16 heavy (non-hydrogen) atoms. The summed E-state index contributed by atoms with van der Waals surface area (Å²) < 4.78 is 0. The summed E-state index contributed by atoms with van der Waals surface area (Å²) in [5.74, 6) is 0.580. The lowest BCUT2D eigenvalue weighted by molar-refractivity contribution is 0.346. The average Bonchev–Trinajstić information content (AvgIpc) is 2.75. The molecular formula is C12H13N3S. The van der Waals surface area contributed by atoms with Crippen LogP contribution >= 0.6 is 11.3 Å². The zero-order valence-corrected chi connectivity index (χ0v) is 9.65. The van der Waals surface area contributed by atoms with Crippen LogP contribution in [0.2, 0.25) is 0 Å². The van der Waals surface area contributed by atoms with Gasteiger partial charge in [0.1, 0.15) is 5.01 Å². The molecule has 0 bridgehead atoms. The molecule has 1 saturated carbocycles. The Bertz CT molecular complexity index is 474. The minimum atomic E-state index is 0.383. The first-order chi connectivity index (χ1) is 7.83. The molecule has 2 N–H and O–H groups in total. The smallest absolute Gasteiger partial charge is 0.125 e. The van der Waals surface area contributed by atoms with E-state index in [9.17, 15) is 0 Å². The van der Waals surface area contributed by atoms with Crippen molar-refractivity contribution in [3.8, 4) is 10.6 Å². The third-order valence-electron chi connectivity index (χ3n) is 3.02. The number of hydrogen-bond donors (Lipinski definition) is 1. The molecule has 1 aliphatic carbocycles. The van der Waals surface area contributed by atoms with Gasteiger partial charge in [-0.15, -0.1) is 11.3 Å². The second-order valence-corrected chi connectivity index (χ2v) is 5.11. The highest BCUT2D eigenvalue weighted by atomic mass is 32.1. The van der Waals surface area contributed by atoms with Crippen LogP contribution in [0, 0.1) is 0 Å². The maximum atomic E-state index is 5.79. The Balaban J connectivity index is 1.83. The summed E-state index contributed by atoms with van der Waals surface area (Å²) in [5.41, 5.74) is 8.09. The standard InChI is InChI=1S/C12H13N3S/c13-10-4-9(5-10)11-7-16-12(15-11)8-2-1-3-14-6-8/h1-3,6-7,9-10H,4-5,13H2. The van der Waals surface area contributed by atoms with E-state index in [-0.39, 0.29) is 0 Å². The summed E-state index contributed by atoms with van der Waals surface area (Å²) in [6, 6.07) is 4.37. The molecule has 0 atom stereocenters. The number of nitrogens with two attached hydrogens (primary N) is 1. The third-order valence-corrected chi connectivity index (χ3v) is 3.93. The van der Waals surface area contributed by atoms with Crippen molar-refractivity contribution in [2.24, 2.45) is 5.73 Å². The third kappa shape index (κ3) is 1.74. The first kappa shape index (κ1) is 9.93. The summed E-state index contributed by atoms with van der Waals surface area (Å²) in [6.45, 7) is 0. The predicted octanol–water partition coefficient (Wildman–Crippen LogP) is 2.41. The van der Waals surface area contributed by atoms with Gasteiger partial charge in [-0.2, -0.15) is 0 Å². The van der Waals surface area contributed by atoms with Crippen LogP contribution in [-0.4, -0.2) is 16.0 Å². The molecule has 1 fully saturated rings. The Morgan fingerprint density at radius 2 is 2.25 bits per heavy atom. The quantitative estimate of drug-likeness (QED) is 0.863. The Kier molecular flexibility index (Phi) is 2.46. The Hall–Kier alpha value is -1.26. The highest BCUT2D eigenvalue weighted by Crippen LogP contribution is 2.37. The Morgan fingerprint density at radius 3 is 2.94 bits per heavy atom. The van der Waals surface area contributed by atoms with Gasteiger partial charge in [0.25, 0.3) is 0 Å². The first-order valence-electron chi connectivity index (χ1n) is 5.44. The second kappa shape index (κ2) is 3.96. The van der Waals surface area contributed by atoms with Crippen LogP contribution in [-0.2, 0) is 0 Å². The van der Waals surface area contributed by atoms with Crippen molar-refractivity contribution in [2.75, 3.05) is 0 Å². The molecule has 0 aromatic carbocycles. The van der Waals surface area contributed by atoms with Gasteiger partial charge in [-0.3, -0.25) is 4.98 Å². The highest BCUT2D eigenvalue weighted by Gasteiger charge is 2.29. The molecule has 0 aliphatic heterocycles. The second-order valence-electron chi connectivity index (χ2n) is 4.25. The van der Waals surface area contributed by atoms with Gasteiger partial charge in [-0.25, -0.2) is 4.98 Å². The molecule has 0 radical (unpaired) electrons. The van der Waals surface area contributed by atoms with Gasteiger partial charge in [0.05, 0.1) is 5.69 Å². The van der Waals surface area contributed by atoms with Gasteiger partial charge in [0, 0.05) is 35.3 Å². The number of thiazole rings is 1. The number of pyridine rings is 1. The van der Waals surface area contributed by atoms with Crippen molar-refractivity contribution in [1.82, 2.24) is 9.97 Å². The summed E-state index contributed by atoms with van der Waals surface area (Å²) in [5, 5.41) is 3.21. The molecule has 0 amide bonds. The SMILES string of the molecule is NC1CC(c2csc(-c3cccnc3)n2)C1. The van der Waals surface area contributed by atoms with E-state index in [0.29, 0.717) is 12.0 Å². The lowest BCUT2D eigenvalue weighted by Gasteiger charge is -2.30. The van der Waals surface area contributed by atoms with Crippen molar-refractivity contribution < 1.29 is 0 Å². The van der Waals surface area contributed by atoms with Gasteiger partial charge in [0.2, 0.25) is 0 Å². The fourth-order valence-corrected chi connectivity index (χ4v) is 2.89. The minimum absolute atomic E-state index is 0.383. The van der Waals surface area contributed by atoms with Crippen molar-refractivity contribution in [3.63, 3.8) is 0 Å². The van der Waals surface area contributed by atoms with E-state index in [2.05, 4.69) is 15.3 Å². The lowest BCUT2D eigenvalue weighted by Crippen LogP contribution is -2.34. The number of hydrogen-bond acceptors (Lipinski definition) is 4. The zero-order chi connectivity index (χ0) is 11.0. The van der Waals surface area contributed by atoms with Gasteiger partial charge in [0.15, 0.2) is 0 Å². The first-order valence-corrected chi connectivity index (χ1v) is 6.32. The van der Waals surface area contributed by atoms with Gasteiger partial charge in [-0.05, 0) is 25.0 Å². The summed E-state index contributed by atoms with van der Waals surface area (Å²) in [4.78, 5) is 8.77. The molecule has 2 heterocycles. The monoisotopic (exact) mass is 231 g/mol. The molecule has 3 rings (SSSR count). The molecule has 1 aliphatic rings. The highest BCUT2D eigenvalue weighted by molar-refractivity contribution is 7.13. The van der Waals surface area contributed by atoms with E-state index in [1.54, 1.807) is 17.5 Å². The van der Waals surface area contributed by atoms with Crippen molar-refractivity contribution in [1.29, 1.82) is 0 Å². The van der Waals surface area contributed by atoms with Crippen LogP contribution in [0.15, 0.2) is 29.9 Å². The summed E-state index contributed by atoms with van der Waals surface area (Å²) in [6.07, 6.45) is 5.80. The normalized spacial score (nSPS) is 24.1. The number of rotatable bonds is 2. The van der Waals surface area contributed by atoms with Crippen LogP contribution in [0.25, 0.3) is 10.6 Å². The fourth-order valence-electron chi connectivity index (χ4n) is 2.00. The molecule has 2 aromatic rings. The number of nitrogens with zero attached hydrogens (tertiary/aromatic N) is 2. The number of aromatic nitrogens is 2. The van der Waals surface area contributed by atoms with Crippen LogP contribution in [0.3, 0.4) is 0 Å². The van der Waals surface area contributed by atoms with Crippen molar-refractivity contribution >= 4 is 11.3 Å². The molecule has 4 heteroatoms. The van der Waals surface area contributed by atoms with Crippen LogP contribution in [0.1, 0.15) is 24.5 Å². The predicted molar refractivity (Wildman–Crippen MR) is 65.3 cm³/mol. The summed E-state index contributed by atoms with van der Waals surface area (Å²) in [7, 11) is 0. The van der Waals surface area contributed by atoms with Crippen LogP contribution < -0.4 is 5.73 Å². The van der Waals surface area contributed by atoms with E-state index in [4.69, 9.17) is 5.73 Å². The molecular weight excluding hydrogens is 218 g/mol. The Labute approximate surface area is 98.4 Å². The molecule has 82 valence electrons. The molecule has 0 saturated heterocycles. The maximum absolute atomic E-state index is 5.79. The van der Waals surface area contributed by atoms with Gasteiger partial charge in [-0.1, -0.05) is 0 Å². The topological polar surface area (TPSA) is 51.8 Å². The van der Waals surface area contributed by atoms with Crippen molar-refractivity contribution in [2.45, 2.75) is 24.8 Å². The van der Waals surface area contributed by atoms with E-state index in [1.165, 1.54) is 5.69 Å². The molecule has 3 nitrogen and oxygen atoms in total. The van der Waals surface area contributed by atoms with Crippen LogP contribution in [0.4, 0.5) is 0 Å². The maximum Gasteiger partial charge on any atom is 0.125 e. The Morgan fingerprint density at radius 1 is 1.38 bits per heavy atom. The molecule has 0 unspecified atom stereocenters. The van der Waals surface area contributed by atoms with Gasteiger partial charge < -0.3 is 5.73 Å². The van der Waals surface area contributed by atoms with Crippen molar-refractivity contribution in [3.05, 3.63) is 35.6 Å². The van der Waals surface area contributed by atoms with Gasteiger partial charge >= 0.3 is 0 Å². The molecule has 0 spiro atoms.